The highest BCUT2D eigenvalue weighted by atomic mass is 79.9. The van der Waals surface area contributed by atoms with Crippen LogP contribution in [0, 0.1) is 11.2 Å². The summed E-state index contributed by atoms with van der Waals surface area (Å²) in [6, 6.07) is 5.01. The van der Waals surface area contributed by atoms with E-state index in [1.54, 1.807) is 6.07 Å². The predicted octanol–water partition coefficient (Wildman–Crippen LogP) is 3.93. The summed E-state index contributed by atoms with van der Waals surface area (Å²) in [5, 5.41) is 3.31. The molecular weight excluding hydrogens is 281 g/mol. The first-order chi connectivity index (χ1) is 7.99. The molecule has 0 saturated carbocycles. The molecule has 94 valence electrons. The molecule has 0 aromatic heterocycles. The lowest BCUT2D eigenvalue weighted by molar-refractivity contribution is 0.395. The van der Waals surface area contributed by atoms with E-state index in [0.29, 0.717) is 0 Å². The molecule has 17 heavy (non-hydrogen) atoms. The molecule has 0 fully saturated rings. The fourth-order valence-electron chi connectivity index (χ4n) is 1.80. The van der Waals surface area contributed by atoms with Gasteiger partial charge in [-0.15, -0.1) is 6.58 Å². The summed E-state index contributed by atoms with van der Waals surface area (Å²) in [5.41, 5.74) is 0.931. The summed E-state index contributed by atoms with van der Waals surface area (Å²) in [4.78, 5) is 0. The third-order valence-electron chi connectivity index (χ3n) is 2.80. The normalized spacial score (nSPS) is 14.4. The van der Waals surface area contributed by atoms with E-state index in [2.05, 4.69) is 41.7 Å². The Morgan fingerprint density at radius 2 is 2.18 bits per heavy atom. The molecule has 0 amide bonds. The number of hydrogen-bond donors (Lipinski definition) is 1. The average Bonchev–Trinajstić information content (AvgIpc) is 2.25. The van der Waals surface area contributed by atoms with E-state index in [4.69, 9.17) is 0 Å². The molecule has 1 unspecified atom stereocenters. The van der Waals surface area contributed by atoms with E-state index in [9.17, 15) is 4.39 Å². The Kier molecular flexibility index (Phi) is 5.34. The Balaban J connectivity index is 2.82. The molecule has 0 saturated heterocycles. The lowest BCUT2D eigenvalue weighted by Gasteiger charge is -2.26. The molecule has 0 bridgehead atoms. The quantitative estimate of drug-likeness (QED) is 0.785. The van der Waals surface area contributed by atoms with E-state index < -0.39 is 0 Å². The topological polar surface area (TPSA) is 12.0 Å². The molecular formula is C14H19BrFN. The zero-order valence-corrected chi connectivity index (χ0v) is 12.0. The van der Waals surface area contributed by atoms with Crippen LogP contribution in [0.3, 0.4) is 0 Å². The number of benzene rings is 1. The van der Waals surface area contributed by atoms with Gasteiger partial charge in [-0.05, 0) is 36.7 Å². The first-order valence-corrected chi connectivity index (χ1v) is 6.57. The highest BCUT2D eigenvalue weighted by Gasteiger charge is 2.20. The molecule has 0 aliphatic carbocycles. The van der Waals surface area contributed by atoms with Crippen LogP contribution in [-0.2, 0) is 6.42 Å². The largest absolute Gasteiger partial charge is 0.316 e. The van der Waals surface area contributed by atoms with Gasteiger partial charge in [0.15, 0.2) is 0 Å². The van der Waals surface area contributed by atoms with Gasteiger partial charge in [0.2, 0.25) is 0 Å². The number of halogens is 2. The second-order valence-corrected chi connectivity index (χ2v) is 5.51. The number of hydrogen-bond acceptors (Lipinski definition) is 1. The minimum absolute atomic E-state index is 0.0523. The molecule has 0 aliphatic heterocycles. The minimum Gasteiger partial charge on any atom is -0.316 e. The Labute approximate surface area is 111 Å². The van der Waals surface area contributed by atoms with Gasteiger partial charge in [0, 0.05) is 16.4 Å². The molecule has 0 spiro atoms. The summed E-state index contributed by atoms with van der Waals surface area (Å²) in [7, 11) is 0. The van der Waals surface area contributed by atoms with Gasteiger partial charge >= 0.3 is 0 Å². The van der Waals surface area contributed by atoms with Crippen molar-refractivity contribution in [3.8, 4) is 0 Å². The zero-order chi connectivity index (χ0) is 12.9. The second-order valence-electron chi connectivity index (χ2n) is 4.59. The van der Waals surface area contributed by atoms with E-state index in [1.165, 1.54) is 6.07 Å². The molecule has 1 aromatic carbocycles. The summed E-state index contributed by atoms with van der Waals surface area (Å²) in [6.45, 7) is 9.85. The van der Waals surface area contributed by atoms with Crippen molar-refractivity contribution in [2.45, 2.75) is 20.3 Å². The van der Waals surface area contributed by atoms with Crippen molar-refractivity contribution in [3.63, 3.8) is 0 Å². The number of nitrogens with one attached hydrogen (secondary N) is 1. The van der Waals surface area contributed by atoms with Gasteiger partial charge in [-0.3, -0.25) is 0 Å². The third-order valence-corrected chi connectivity index (χ3v) is 3.26. The van der Waals surface area contributed by atoms with Gasteiger partial charge in [0.1, 0.15) is 5.82 Å². The molecule has 1 N–H and O–H groups in total. The first kappa shape index (κ1) is 14.4. The van der Waals surface area contributed by atoms with E-state index >= 15 is 0 Å². The van der Waals surface area contributed by atoms with Crippen LogP contribution in [0.2, 0.25) is 0 Å². The van der Waals surface area contributed by atoms with Crippen LogP contribution in [0.1, 0.15) is 19.4 Å². The fourth-order valence-corrected chi connectivity index (χ4v) is 2.31. The Hall–Kier alpha value is -0.670. The van der Waals surface area contributed by atoms with Crippen molar-refractivity contribution < 1.29 is 4.39 Å². The van der Waals surface area contributed by atoms with Gasteiger partial charge < -0.3 is 5.32 Å². The molecule has 0 aliphatic rings. The maximum absolute atomic E-state index is 13.3. The van der Waals surface area contributed by atoms with Gasteiger partial charge in [-0.25, -0.2) is 4.39 Å². The molecule has 3 heteroatoms. The van der Waals surface area contributed by atoms with Crippen LogP contribution in [0.5, 0.6) is 0 Å². The predicted molar refractivity (Wildman–Crippen MR) is 74.7 cm³/mol. The monoisotopic (exact) mass is 299 g/mol. The Morgan fingerprint density at radius 1 is 1.47 bits per heavy atom. The summed E-state index contributed by atoms with van der Waals surface area (Å²) in [5.74, 6) is -0.204. The Bertz CT molecular complexity index is 372. The molecule has 0 radical (unpaired) electrons. The molecule has 1 nitrogen and oxygen atoms in total. The molecule has 1 rings (SSSR count). The van der Waals surface area contributed by atoms with Crippen LogP contribution in [-0.4, -0.2) is 13.1 Å². The standard InChI is InChI=1S/C14H19BrFN/c1-4-14(3,10-17-5-2)9-11-6-12(15)8-13(16)7-11/h4,6-8,17H,1,5,9-10H2,2-3H3. The Morgan fingerprint density at radius 3 is 2.71 bits per heavy atom. The average molecular weight is 300 g/mol. The van der Waals surface area contributed by atoms with Gasteiger partial charge in [-0.1, -0.05) is 35.9 Å². The van der Waals surface area contributed by atoms with Crippen LogP contribution < -0.4 is 5.32 Å². The van der Waals surface area contributed by atoms with Gasteiger partial charge in [0.05, 0.1) is 0 Å². The van der Waals surface area contributed by atoms with E-state index in [-0.39, 0.29) is 11.2 Å². The van der Waals surface area contributed by atoms with E-state index in [0.717, 1.165) is 29.5 Å². The zero-order valence-electron chi connectivity index (χ0n) is 10.4. The third kappa shape index (κ3) is 4.60. The first-order valence-electron chi connectivity index (χ1n) is 5.78. The van der Waals surface area contributed by atoms with Crippen LogP contribution in [0.4, 0.5) is 4.39 Å². The maximum Gasteiger partial charge on any atom is 0.124 e. The van der Waals surface area contributed by atoms with Gasteiger partial charge in [-0.2, -0.15) is 0 Å². The lowest BCUT2D eigenvalue weighted by Crippen LogP contribution is -2.31. The molecule has 0 heterocycles. The smallest absolute Gasteiger partial charge is 0.124 e. The van der Waals surface area contributed by atoms with Crippen molar-refractivity contribution in [1.29, 1.82) is 0 Å². The summed E-state index contributed by atoms with van der Waals surface area (Å²) < 4.78 is 14.1. The summed E-state index contributed by atoms with van der Waals surface area (Å²) in [6.07, 6.45) is 2.72. The van der Waals surface area contributed by atoms with Crippen molar-refractivity contribution >= 4 is 15.9 Å². The van der Waals surface area contributed by atoms with Gasteiger partial charge in [0.25, 0.3) is 0 Å². The molecule has 1 aromatic rings. The lowest BCUT2D eigenvalue weighted by atomic mass is 9.83. The SMILES string of the molecule is C=CC(C)(CNCC)Cc1cc(F)cc(Br)c1. The highest BCUT2D eigenvalue weighted by Crippen LogP contribution is 2.25. The van der Waals surface area contributed by atoms with Crippen LogP contribution in [0.25, 0.3) is 0 Å². The van der Waals surface area contributed by atoms with Crippen molar-refractivity contribution in [1.82, 2.24) is 5.32 Å². The van der Waals surface area contributed by atoms with Crippen molar-refractivity contribution in [2.24, 2.45) is 5.41 Å². The van der Waals surface area contributed by atoms with Crippen molar-refractivity contribution in [3.05, 3.63) is 46.7 Å². The number of rotatable bonds is 6. The van der Waals surface area contributed by atoms with Crippen LogP contribution >= 0.6 is 15.9 Å². The highest BCUT2D eigenvalue weighted by molar-refractivity contribution is 9.10. The minimum atomic E-state index is -0.204. The van der Waals surface area contributed by atoms with Crippen molar-refractivity contribution in [2.75, 3.05) is 13.1 Å². The maximum atomic E-state index is 13.3. The van der Waals surface area contributed by atoms with E-state index in [1.807, 2.05) is 12.1 Å². The summed E-state index contributed by atoms with van der Waals surface area (Å²) >= 11 is 3.31. The second kappa shape index (κ2) is 6.31. The molecule has 1 atom stereocenters. The van der Waals surface area contributed by atoms with Crippen LogP contribution in [0.15, 0.2) is 35.3 Å². The fraction of sp³-hybridized carbons (Fsp3) is 0.429.